The molecule has 0 radical (unpaired) electrons. The molecule has 2 aromatic carbocycles. The second-order valence-corrected chi connectivity index (χ2v) is 8.13. The van der Waals surface area contributed by atoms with Crippen LogP contribution in [0.3, 0.4) is 0 Å². The molecule has 0 aliphatic heterocycles. The number of nitrogens with zero attached hydrogens (tertiary/aromatic N) is 2. The van der Waals surface area contributed by atoms with Gasteiger partial charge in [0.2, 0.25) is 11.1 Å². The number of hydrogen-bond acceptors (Lipinski definition) is 6. The van der Waals surface area contributed by atoms with Crippen LogP contribution in [0.2, 0.25) is 0 Å². The fraction of sp³-hybridized carbons (Fsp3) is 0.211. The Balaban J connectivity index is 1.70. The third-order valence-electron chi connectivity index (χ3n) is 3.97. The predicted molar refractivity (Wildman–Crippen MR) is 113 cm³/mol. The molecule has 0 saturated carbocycles. The Labute approximate surface area is 179 Å². The fourth-order valence-corrected chi connectivity index (χ4v) is 3.51. The third-order valence-corrected chi connectivity index (χ3v) is 5.42. The summed E-state index contributed by atoms with van der Waals surface area (Å²) < 4.78 is 25.1. The number of aromatic nitrogens is 3. The second kappa shape index (κ2) is 9.27. The van der Waals surface area contributed by atoms with Crippen molar-refractivity contribution >= 4 is 39.3 Å². The maximum atomic E-state index is 13.9. The van der Waals surface area contributed by atoms with Crippen molar-refractivity contribution in [3.8, 4) is 22.9 Å². The summed E-state index contributed by atoms with van der Waals surface area (Å²) in [5, 5.41) is 9.41. The molecule has 1 unspecified atom stereocenters. The quantitative estimate of drug-likeness (QED) is 0.483. The third kappa shape index (κ3) is 5.07. The molecule has 3 aromatic rings. The summed E-state index contributed by atoms with van der Waals surface area (Å²) in [4.78, 5) is 16.8. The van der Waals surface area contributed by atoms with Gasteiger partial charge >= 0.3 is 0 Å². The van der Waals surface area contributed by atoms with E-state index in [0.717, 1.165) is 11.8 Å². The lowest BCUT2D eigenvalue weighted by molar-refractivity contribution is -0.115. The van der Waals surface area contributed by atoms with Crippen LogP contribution in [0.25, 0.3) is 11.4 Å². The molecule has 1 aromatic heterocycles. The first-order valence-corrected chi connectivity index (χ1v) is 10.2. The van der Waals surface area contributed by atoms with Crippen molar-refractivity contribution in [1.29, 1.82) is 0 Å². The van der Waals surface area contributed by atoms with E-state index in [1.165, 1.54) is 12.1 Å². The molecular formula is C19H18BrFN4O3S. The van der Waals surface area contributed by atoms with Gasteiger partial charge in [0.05, 0.1) is 30.7 Å². The van der Waals surface area contributed by atoms with Gasteiger partial charge in [-0.3, -0.25) is 9.89 Å². The largest absolute Gasteiger partial charge is 0.497 e. The highest BCUT2D eigenvalue weighted by atomic mass is 79.9. The van der Waals surface area contributed by atoms with Crippen LogP contribution in [0.4, 0.5) is 10.1 Å². The van der Waals surface area contributed by atoms with Crippen LogP contribution < -0.4 is 14.8 Å². The second-order valence-electron chi connectivity index (χ2n) is 5.91. The van der Waals surface area contributed by atoms with Crippen molar-refractivity contribution in [3.63, 3.8) is 0 Å². The predicted octanol–water partition coefficient (Wildman–Crippen LogP) is 4.51. The summed E-state index contributed by atoms with van der Waals surface area (Å²) in [7, 11) is 3.13. The van der Waals surface area contributed by atoms with Crippen molar-refractivity contribution < 1.29 is 18.7 Å². The number of rotatable bonds is 7. The highest BCUT2D eigenvalue weighted by Gasteiger charge is 2.20. The highest BCUT2D eigenvalue weighted by Crippen LogP contribution is 2.32. The average Bonchev–Trinajstić information content (AvgIpc) is 3.17. The summed E-state index contributed by atoms with van der Waals surface area (Å²) in [6, 6.07) is 9.77. The lowest BCUT2D eigenvalue weighted by Crippen LogP contribution is -2.23. The molecule has 29 heavy (non-hydrogen) atoms. The van der Waals surface area contributed by atoms with Gasteiger partial charge in [-0.05, 0) is 37.3 Å². The molecule has 0 saturated heterocycles. The zero-order valence-corrected chi connectivity index (χ0v) is 18.2. The zero-order chi connectivity index (χ0) is 21.0. The van der Waals surface area contributed by atoms with Gasteiger partial charge in [-0.1, -0.05) is 27.7 Å². The minimum absolute atomic E-state index is 0.115. The normalized spacial score (nSPS) is 11.8. The number of aromatic amines is 1. The number of nitrogens with one attached hydrogen (secondary N) is 2. The minimum Gasteiger partial charge on any atom is -0.497 e. The van der Waals surface area contributed by atoms with Crippen molar-refractivity contribution in [1.82, 2.24) is 15.2 Å². The molecule has 3 rings (SSSR count). The molecule has 0 aliphatic carbocycles. The Morgan fingerprint density at radius 2 is 2.03 bits per heavy atom. The van der Waals surface area contributed by atoms with Crippen molar-refractivity contribution in [2.75, 3.05) is 19.5 Å². The summed E-state index contributed by atoms with van der Waals surface area (Å²) in [6.45, 7) is 1.70. The maximum absolute atomic E-state index is 13.9. The molecule has 10 heteroatoms. The first kappa shape index (κ1) is 21.1. The Hall–Kier alpha value is -2.59. The monoisotopic (exact) mass is 480 g/mol. The van der Waals surface area contributed by atoms with Gasteiger partial charge in [0, 0.05) is 10.5 Å². The summed E-state index contributed by atoms with van der Waals surface area (Å²) >= 11 is 4.34. The number of carbonyl (C=O) groups is 1. The smallest absolute Gasteiger partial charge is 0.237 e. The van der Waals surface area contributed by atoms with Gasteiger partial charge in [-0.2, -0.15) is 0 Å². The average molecular weight is 481 g/mol. The number of ether oxygens (including phenoxy) is 2. The van der Waals surface area contributed by atoms with E-state index in [-0.39, 0.29) is 11.6 Å². The molecular weight excluding hydrogens is 463 g/mol. The van der Waals surface area contributed by atoms with Gasteiger partial charge in [-0.25, -0.2) is 9.37 Å². The van der Waals surface area contributed by atoms with Crippen molar-refractivity contribution in [3.05, 3.63) is 46.7 Å². The molecule has 1 amide bonds. The summed E-state index contributed by atoms with van der Waals surface area (Å²) in [6.07, 6.45) is 0. The van der Waals surface area contributed by atoms with Gasteiger partial charge in [0.1, 0.15) is 17.3 Å². The first-order chi connectivity index (χ1) is 13.9. The SMILES string of the molecule is COc1ccc(-c2nc(SC(C)C(=O)Nc3ccc(Br)cc3F)n[nH]2)c(OC)c1. The number of hydrogen-bond donors (Lipinski definition) is 2. The summed E-state index contributed by atoms with van der Waals surface area (Å²) in [5.74, 6) is 0.860. The molecule has 2 N–H and O–H groups in total. The molecule has 7 nitrogen and oxygen atoms in total. The number of halogens is 2. The van der Waals surface area contributed by atoms with Crippen molar-refractivity contribution in [2.45, 2.75) is 17.3 Å². The zero-order valence-electron chi connectivity index (χ0n) is 15.8. The van der Waals surface area contributed by atoms with Crippen LogP contribution in [-0.2, 0) is 4.79 Å². The van der Waals surface area contributed by atoms with E-state index in [2.05, 4.69) is 36.4 Å². The molecule has 1 atom stereocenters. The number of methoxy groups -OCH3 is 2. The molecule has 152 valence electrons. The first-order valence-electron chi connectivity index (χ1n) is 8.48. The number of anilines is 1. The van der Waals surface area contributed by atoms with Gasteiger partial charge < -0.3 is 14.8 Å². The number of thioether (sulfide) groups is 1. The van der Waals surface area contributed by atoms with Crippen LogP contribution in [0.15, 0.2) is 46.0 Å². The van der Waals surface area contributed by atoms with Gasteiger partial charge in [-0.15, -0.1) is 5.10 Å². The number of H-pyrrole nitrogens is 1. The highest BCUT2D eigenvalue weighted by molar-refractivity contribution is 9.10. The Bertz CT molecular complexity index is 1030. The topological polar surface area (TPSA) is 89.1 Å². The van der Waals surface area contributed by atoms with E-state index in [0.29, 0.717) is 32.5 Å². The fourth-order valence-electron chi connectivity index (χ4n) is 2.45. The van der Waals surface area contributed by atoms with Crippen LogP contribution in [0.5, 0.6) is 11.5 Å². The standard InChI is InChI=1S/C19H18BrFN4O3S/c1-10(18(26)22-15-7-4-11(20)8-14(15)21)29-19-23-17(24-25-19)13-6-5-12(27-2)9-16(13)28-3/h4-10H,1-3H3,(H,22,26)(H,23,24,25). The molecule has 0 fully saturated rings. The van der Waals surface area contributed by atoms with E-state index >= 15 is 0 Å². The number of amides is 1. The van der Waals surface area contributed by atoms with E-state index in [1.807, 2.05) is 0 Å². The van der Waals surface area contributed by atoms with Crippen LogP contribution in [0, 0.1) is 5.82 Å². The Kier molecular flexibility index (Phi) is 6.75. The Morgan fingerprint density at radius 1 is 1.24 bits per heavy atom. The van der Waals surface area contributed by atoms with E-state index in [9.17, 15) is 9.18 Å². The van der Waals surface area contributed by atoms with Gasteiger partial charge in [0.15, 0.2) is 5.82 Å². The molecule has 1 heterocycles. The summed E-state index contributed by atoms with van der Waals surface area (Å²) in [5.41, 5.74) is 0.825. The van der Waals surface area contributed by atoms with Crippen LogP contribution >= 0.6 is 27.7 Å². The van der Waals surface area contributed by atoms with E-state index in [4.69, 9.17) is 9.47 Å². The van der Waals surface area contributed by atoms with Crippen molar-refractivity contribution in [2.24, 2.45) is 0 Å². The van der Waals surface area contributed by atoms with Crippen LogP contribution in [0.1, 0.15) is 6.92 Å². The lowest BCUT2D eigenvalue weighted by atomic mass is 10.2. The van der Waals surface area contributed by atoms with E-state index in [1.54, 1.807) is 45.4 Å². The molecule has 0 aliphatic rings. The van der Waals surface area contributed by atoms with E-state index < -0.39 is 11.1 Å². The minimum atomic E-state index is -0.542. The number of carbonyl (C=O) groups excluding carboxylic acids is 1. The van der Waals surface area contributed by atoms with Crippen LogP contribution in [-0.4, -0.2) is 40.6 Å². The molecule has 0 spiro atoms. The molecule has 0 bridgehead atoms. The van der Waals surface area contributed by atoms with Gasteiger partial charge in [0.25, 0.3) is 0 Å². The lowest BCUT2D eigenvalue weighted by Gasteiger charge is -2.11. The number of benzene rings is 2. The maximum Gasteiger partial charge on any atom is 0.237 e. The Morgan fingerprint density at radius 3 is 2.72 bits per heavy atom.